The molecule has 1 aliphatic rings. The highest BCUT2D eigenvalue weighted by Crippen LogP contribution is 2.22. The average Bonchev–Trinajstić information content (AvgIpc) is 3.51. The number of nitrogens with one attached hydrogen (secondary N) is 1. The maximum absolute atomic E-state index is 12.8. The van der Waals surface area contributed by atoms with Crippen molar-refractivity contribution in [3.05, 3.63) is 83.3 Å². The maximum atomic E-state index is 12.8. The predicted molar refractivity (Wildman–Crippen MR) is 113 cm³/mol. The zero-order valence-corrected chi connectivity index (χ0v) is 16.8. The van der Waals surface area contributed by atoms with Crippen LogP contribution in [0.5, 0.6) is 0 Å². The third kappa shape index (κ3) is 3.91. The van der Waals surface area contributed by atoms with Gasteiger partial charge in [-0.25, -0.2) is 4.68 Å². The van der Waals surface area contributed by atoms with E-state index in [1.807, 2.05) is 12.1 Å². The van der Waals surface area contributed by atoms with Crippen LogP contribution in [0.15, 0.2) is 76.6 Å². The van der Waals surface area contributed by atoms with E-state index in [0.29, 0.717) is 17.0 Å². The van der Waals surface area contributed by atoms with E-state index in [1.165, 1.54) is 10.7 Å². The number of hydrogen-bond acceptors (Lipinski definition) is 8. The Bertz CT molecular complexity index is 1290. The minimum Gasteiger partial charge on any atom is -0.377 e. The molecule has 10 nitrogen and oxygen atoms in total. The molecular weight excluding hydrogens is 412 g/mol. The minimum absolute atomic E-state index is 0.124. The van der Waals surface area contributed by atoms with Crippen molar-refractivity contribution in [2.45, 2.75) is 12.1 Å². The van der Waals surface area contributed by atoms with Gasteiger partial charge >= 0.3 is 0 Å². The highest BCUT2D eigenvalue weighted by Gasteiger charge is 2.33. The first-order valence-corrected chi connectivity index (χ1v) is 9.95. The van der Waals surface area contributed by atoms with Gasteiger partial charge in [-0.3, -0.25) is 19.6 Å². The van der Waals surface area contributed by atoms with E-state index >= 15 is 0 Å². The Kier molecular flexibility index (Phi) is 5.26. The number of carbonyl (C=O) groups excluding carboxylic acids is 1. The van der Waals surface area contributed by atoms with Crippen LogP contribution < -0.4 is 10.9 Å². The van der Waals surface area contributed by atoms with Gasteiger partial charge in [-0.15, -0.1) is 0 Å². The van der Waals surface area contributed by atoms with Crippen molar-refractivity contribution in [1.29, 1.82) is 0 Å². The lowest BCUT2D eigenvalue weighted by Crippen LogP contribution is -2.44. The number of pyridine rings is 2. The fourth-order valence-electron chi connectivity index (χ4n) is 3.52. The van der Waals surface area contributed by atoms with E-state index in [1.54, 1.807) is 49.1 Å². The van der Waals surface area contributed by atoms with Crippen LogP contribution in [0.1, 0.15) is 16.5 Å². The van der Waals surface area contributed by atoms with Crippen molar-refractivity contribution < 1.29 is 14.1 Å². The molecule has 0 radical (unpaired) electrons. The van der Waals surface area contributed by atoms with Crippen molar-refractivity contribution in [3.8, 4) is 22.6 Å². The molecule has 1 saturated heterocycles. The molecule has 1 amide bonds. The highest BCUT2D eigenvalue weighted by atomic mass is 16.5. The molecule has 5 heterocycles. The third-order valence-electron chi connectivity index (χ3n) is 5.15. The van der Waals surface area contributed by atoms with Crippen LogP contribution in [0.2, 0.25) is 0 Å². The van der Waals surface area contributed by atoms with Crippen LogP contribution in [0.3, 0.4) is 0 Å². The smallest absolute Gasteiger partial charge is 0.273 e. The Balaban J connectivity index is 1.36. The quantitative estimate of drug-likeness (QED) is 0.507. The normalized spacial score (nSPS) is 17.9. The molecule has 160 valence electrons. The zero-order valence-electron chi connectivity index (χ0n) is 16.8. The lowest BCUT2D eigenvalue weighted by Gasteiger charge is -2.20. The van der Waals surface area contributed by atoms with Crippen molar-refractivity contribution in [2.24, 2.45) is 0 Å². The Morgan fingerprint density at radius 2 is 1.81 bits per heavy atom. The summed E-state index contributed by atoms with van der Waals surface area (Å²) in [4.78, 5) is 33.4. The van der Waals surface area contributed by atoms with Crippen LogP contribution in [0, 0.1) is 0 Å². The predicted octanol–water partition coefficient (Wildman–Crippen LogP) is 1.73. The third-order valence-corrected chi connectivity index (χ3v) is 5.15. The lowest BCUT2D eigenvalue weighted by molar-refractivity contribution is 0.0915. The largest absolute Gasteiger partial charge is 0.377 e. The van der Waals surface area contributed by atoms with Gasteiger partial charge in [0.1, 0.15) is 6.04 Å². The van der Waals surface area contributed by atoms with Gasteiger partial charge in [-0.05, 0) is 30.3 Å². The molecule has 4 aromatic rings. The molecule has 1 aliphatic heterocycles. The molecule has 1 N–H and O–H groups in total. The number of aromatic nitrogens is 5. The summed E-state index contributed by atoms with van der Waals surface area (Å²) >= 11 is 0. The second kappa shape index (κ2) is 8.52. The van der Waals surface area contributed by atoms with Crippen molar-refractivity contribution in [1.82, 2.24) is 30.2 Å². The van der Waals surface area contributed by atoms with Gasteiger partial charge in [-0.2, -0.15) is 5.10 Å². The van der Waals surface area contributed by atoms with E-state index < -0.39 is 18.0 Å². The molecule has 1 fully saturated rings. The summed E-state index contributed by atoms with van der Waals surface area (Å²) in [5, 5.41) is 11.2. The van der Waals surface area contributed by atoms with Gasteiger partial charge < -0.3 is 14.6 Å². The van der Waals surface area contributed by atoms with Crippen LogP contribution in [-0.4, -0.2) is 50.1 Å². The second-order valence-corrected chi connectivity index (χ2v) is 7.25. The summed E-state index contributed by atoms with van der Waals surface area (Å²) in [7, 11) is 0. The van der Waals surface area contributed by atoms with Crippen LogP contribution in [-0.2, 0) is 4.74 Å². The number of hydrogen-bond donors (Lipinski definition) is 1. The molecule has 2 atom stereocenters. The standard InChI is InChI=1S/C22H18N6O4/c29-21-6-5-16(14-3-1-7-23-10-14)26-28(21)19-13-31-12-18(19)25-22(30)17-9-20(32-27-17)15-4-2-8-24-11-15/h1-11,18-19H,12-13H2,(H,25,30). The molecule has 32 heavy (non-hydrogen) atoms. The van der Waals surface area contributed by atoms with Crippen LogP contribution >= 0.6 is 0 Å². The summed E-state index contributed by atoms with van der Waals surface area (Å²) in [5.74, 6) is 0.00498. The summed E-state index contributed by atoms with van der Waals surface area (Å²) in [6.07, 6.45) is 6.61. The first-order valence-electron chi connectivity index (χ1n) is 9.95. The van der Waals surface area contributed by atoms with Gasteiger partial charge in [0, 0.05) is 48.0 Å². The fourth-order valence-corrected chi connectivity index (χ4v) is 3.52. The van der Waals surface area contributed by atoms with Gasteiger partial charge in [0.15, 0.2) is 11.5 Å². The Hall–Kier alpha value is -4.18. The number of amides is 1. The SMILES string of the molecule is O=C(NC1COCC1n1nc(-c2cccnc2)ccc1=O)c1cc(-c2cccnc2)on1. The van der Waals surface area contributed by atoms with Crippen molar-refractivity contribution >= 4 is 5.91 Å². The van der Waals surface area contributed by atoms with Gasteiger partial charge in [-0.1, -0.05) is 5.16 Å². The van der Waals surface area contributed by atoms with Gasteiger partial charge in [0.25, 0.3) is 11.5 Å². The monoisotopic (exact) mass is 430 g/mol. The molecule has 5 rings (SSSR count). The second-order valence-electron chi connectivity index (χ2n) is 7.25. The first kappa shape index (κ1) is 19.8. The molecule has 0 saturated carbocycles. The molecule has 0 aliphatic carbocycles. The van der Waals surface area contributed by atoms with E-state index in [0.717, 1.165) is 5.56 Å². The zero-order chi connectivity index (χ0) is 21.9. The molecular formula is C22H18N6O4. The van der Waals surface area contributed by atoms with E-state index in [9.17, 15) is 9.59 Å². The first-order chi connectivity index (χ1) is 15.7. The topological polar surface area (TPSA) is 125 Å². The summed E-state index contributed by atoms with van der Waals surface area (Å²) in [5.41, 5.74) is 1.94. The molecule has 0 spiro atoms. The molecule has 4 aromatic heterocycles. The van der Waals surface area contributed by atoms with Crippen molar-refractivity contribution in [3.63, 3.8) is 0 Å². The van der Waals surface area contributed by atoms with Gasteiger partial charge in [0.2, 0.25) is 0 Å². The summed E-state index contributed by atoms with van der Waals surface area (Å²) < 4.78 is 12.2. The molecule has 0 aromatic carbocycles. The van der Waals surface area contributed by atoms with E-state index in [4.69, 9.17) is 9.26 Å². The molecule has 2 unspecified atom stereocenters. The maximum Gasteiger partial charge on any atom is 0.273 e. The molecule has 0 bridgehead atoms. The number of carbonyl (C=O) groups is 1. The number of ether oxygens (including phenoxy) is 1. The Morgan fingerprint density at radius 3 is 2.56 bits per heavy atom. The van der Waals surface area contributed by atoms with E-state index in [2.05, 4.69) is 25.5 Å². The molecule has 10 heteroatoms. The fraction of sp³-hybridized carbons (Fsp3) is 0.182. The average molecular weight is 430 g/mol. The summed E-state index contributed by atoms with van der Waals surface area (Å²) in [6.45, 7) is 0.489. The van der Waals surface area contributed by atoms with Crippen LogP contribution in [0.4, 0.5) is 0 Å². The van der Waals surface area contributed by atoms with Crippen LogP contribution in [0.25, 0.3) is 22.6 Å². The summed E-state index contributed by atoms with van der Waals surface area (Å²) in [6, 6.07) is 10.9. The van der Waals surface area contributed by atoms with Gasteiger partial charge in [0.05, 0.1) is 24.9 Å². The van der Waals surface area contributed by atoms with Crippen molar-refractivity contribution in [2.75, 3.05) is 13.2 Å². The highest BCUT2D eigenvalue weighted by molar-refractivity contribution is 5.93. The Labute approximate surface area is 181 Å². The number of rotatable bonds is 5. The van der Waals surface area contributed by atoms with E-state index in [-0.39, 0.29) is 24.5 Å². The number of nitrogens with zero attached hydrogens (tertiary/aromatic N) is 5. The Morgan fingerprint density at radius 1 is 1.03 bits per heavy atom. The minimum atomic E-state index is -0.465. The lowest BCUT2D eigenvalue weighted by atomic mass is 10.1.